The van der Waals surface area contributed by atoms with Gasteiger partial charge in [0.2, 0.25) is 0 Å². The summed E-state index contributed by atoms with van der Waals surface area (Å²) in [6, 6.07) is 9.63. The Morgan fingerprint density at radius 3 is 2.67 bits per heavy atom. The number of cyclic esters (lactones) is 1. The molecule has 1 fully saturated rings. The predicted molar refractivity (Wildman–Crippen MR) is 80.5 cm³/mol. The molecular formula is C17H24FNO2. The number of hydrogen-bond donors (Lipinski definition) is 1. The van der Waals surface area contributed by atoms with Gasteiger partial charge in [0.05, 0.1) is 5.92 Å². The fourth-order valence-corrected chi connectivity index (χ4v) is 2.74. The molecule has 0 bridgehead atoms. The van der Waals surface area contributed by atoms with Crippen molar-refractivity contribution in [1.82, 2.24) is 0 Å². The number of hydrogen-bond acceptors (Lipinski definition) is 3. The van der Waals surface area contributed by atoms with E-state index in [1.54, 1.807) is 13.8 Å². The first-order chi connectivity index (χ1) is 9.85. The van der Waals surface area contributed by atoms with Crippen molar-refractivity contribution in [1.29, 1.82) is 0 Å². The maximum Gasteiger partial charge on any atom is 0.310 e. The largest absolute Gasteiger partial charge is 0.462 e. The molecule has 0 radical (unpaired) electrons. The summed E-state index contributed by atoms with van der Waals surface area (Å²) in [4.78, 5) is 11.9. The minimum absolute atomic E-state index is 0.195. The van der Waals surface area contributed by atoms with Crippen molar-refractivity contribution < 1.29 is 13.9 Å². The van der Waals surface area contributed by atoms with Crippen LogP contribution in [0.5, 0.6) is 0 Å². The van der Waals surface area contributed by atoms with Crippen LogP contribution in [-0.2, 0) is 16.0 Å². The number of nitrogens with two attached hydrogens (primary N) is 1. The fourth-order valence-electron chi connectivity index (χ4n) is 2.74. The van der Waals surface area contributed by atoms with Crippen LogP contribution in [-0.4, -0.2) is 23.8 Å². The first-order valence-corrected chi connectivity index (χ1v) is 7.54. The second kappa shape index (κ2) is 6.56. The Labute approximate surface area is 125 Å². The Bertz CT molecular complexity index is 469. The molecule has 1 saturated heterocycles. The Hall–Kier alpha value is -1.42. The maximum absolute atomic E-state index is 13.5. The van der Waals surface area contributed by atoms with E-state index in [0.29, 0.717) is 25.7 Å². The van der Waals surface area contributed by atoms with Gasteiger partial charge in [0.15, 0.2) is 0 Å². The van der Waals surface area contributed by atoms with Crippen LogP contribution in [0, 0.1) is 5.92 Å². The average molecular weight is 293 g/mol. The van der Waals surface area contributed by atoms with Crippen LogP contribution >= 0.6 is 0 Å². The van der Waals surface area contributed by atoms with E-state index in [1.165, 1.54) is 0 Å². The summed E-state index contributed by atoms with van der Waals surface area (Å²) in [7, 11) is 0. The molecule has 2 rings (SSSR count). The topological polar surface area (TPSA) is 52.3 Å². The zero-order chi connectivity index (χ0) is 15.5. The molecule has 1 aliphatic rings. The summed E-state index contributed by atoms with van der Waals surface area (Å²) in [6.45, 7) is 3.09. The van der Waals surface area contributed by atoms with Crippen LogP contribution in [0.1, 0.15) is 38.7 Å². The number of rotatable bonds is 6. The monoisotopic (exact) mass is 293 g/mol. The lowest BCUT2D eigenvalue weighted by Crippen LogP contribution is -2.35. The van der Waals surface area contributed by atoms with Crippen LogP contribution in [0.15, 0.2) is 30.3 Å². The number of carbonyl (C=O) groups is 1. The minimum atomic E-state index is -1.23. The second-order valence-electron chi connectivity index (χ2n) is 6.51. The van der Waals surface area contributed by atoms with Crippen molar-refractivity contribution >= 4 is 5.97 Å². The highest BCUT2D eigenvalue weighted by molar-refractivity contribution is 5.75. The molecule has 0 amide bonds. The molecule has 0 saturated carbocycles. The van der Waals surface area contributed by atoms with E-state index in [1.807, 2.05) is 30.3 Å². The number of alkyl halides is 1. The number of halogens is 1. The summed E-state index contributed by atoms with van der Waals surface area (Å²) in [5, 5.41) is 0. The normalized spacial score (nSPS) is 23.9. The molecular weight excluding hydrogens is 269 g/mol. The lowest BCUT2D eigenvalue weighted by atomic mass is 9.90. The van der Waals surface area contributed by atoms with Crippen LogP contribution in [0.25, 0.3) is 0 Å². The van der Waals surface area contributed by atoms with Gasteiger partial charge in [-0.25, -0.2) is 4.39 Å². The molecule has 3 nitrogen and oxygen atoms in total. The molecule has 4 heteroatoms. The fraction of sp³-hybridized carbons (Fsp3) is 0.588. The van der Waals surface area contributed by atoms with Crippen LogP contribution < -0.4 is 5.73 Å². The van der Waals surface area contributed by atoms with Gasteiger partial charge in [0.1, 0.15) is 11.8 Å². The number of esters is 1. The molecule has 0 aromatic heterocycles. The quantitative estimate of drug-likeness (QED) is 0.820. The van der Waals surface area contributed by atoms with E-state index in [9.17, 15) is 9.18 Å². The van der Waals surface area contributed by atoms with Crippen molar-refractivity contribution in [2.24, 2.45) is 11.7 Å². The summed E-state index contributed by atoms with van der Waals surface area (Å²) in [6.07, 6.45) is 2.01. The van der Waals surface area contributed by atoms with Gasteiger partial charge in [-0.05, 0) is 45.1 Å². The predicted octanol–water partition coefficient (Wildman–Crippen LogP) is 3.02. The highest BCUT2D eigenvalue weighted by Gasteiger charge is 2.38. The van der Waals surface area contributed by atoms with Crippen molar-refractivity contribution in [3.63, 3.8) is 0 Å². The molecule has 1 heterocycles. The van der Waals surface area contributed by atoms with Gasteiger partial charge in [-0.2, -0.15) is 0 Å². The number of ether oxygens (including phenoxy) is 1. The van der Waals surface area contributed by atoms with E-state index in [0.717, 1.165) is 5.56 Å². The third-order valence-electron chi connectivity index (χ3n) is 3.99. The first-order valence-electron chi connectivity index (χ1n) is 7.54. The van der Waals surface area contributed by atoms with Crippen molar-refractivity contribution in [2.45, 2.75) is 57.3 Å². The smallest absolute Gasteiger partial charge is 0.310 e. The molecule has 116 valence electrons. The standard InChI is InChI=1S/C17H24FNO2/c1-17(2,18)9-8-13-11-14(16(20)21-13)15(19)10-12-6-4-3-5-7-12/h3-7,13-15H,8-11,19H2,1-2H3/t13-,14+,15-/m0/s1. The van der Waals surface area contributed by atoms with E-state index in [2.05, 4.69) is 0 Å². The molecule has 2 N–H and O–H groups in total. The van der Waals surface area contributed by atoms with Crippen LogP contribution in [0.2, 0.25) is 0 Å². The van der Waals surface area contributed by atoms with Crippen LogP contribution in [0.3, 0.4) is 0 Å². The van der Waals surface area contributed by atoms with Crippen LogP contribution in [0.4, 0.5) is 4.39 Å². The van der Waals surface area contributed by atoms with Crippen molar-refractivity contribution in [3.05, 3.63) is 35.9 Å². The Balaban J connectivity index is 1.87. The van der Waals surface area contributed by atoms with E-state index >= 15 is 0 Å². The minimum Gasteiger partial charge on any atom is -0.462 e. The van der Waals surface area contributed by atoms with Gasteiger partial charge < -0.3 is 10.5 Å². The lowest BCUT2D eigenvalue weighted by Gasteiger charge is -2.17. The van der Waals surface area contributed by atoms with Gasteiger partial charge in [-0.3, -0.25) is 4.79 Å². The van der Waals surface area contributed by atoms with Gasteiger partial charge in [0, 0.05) is 6.04 Å². The molecule has 0 spiro atoms. The molecule has 21 heavy (non-hydrogen) atoms. The van der Waals surface area contributed by atoms with Gasteiger partial charge in [-0.1, -0.05) is 30.3 Å². The average Bonchev–Trinajstić information content (AvgIpc) is 2.78. The summed E-state index contributed by atoms with van der Waals surface area (Å²) in [5.41, 5.74) is 6.06. The molecule has 1 aromatic rings. The highest BCUT2D eigenvalue weighted by atomic mass is 19.1. The zero-order valence-electron chi connectivity index (χ0n) is 12.7. The zero-order valence-corrected chi connectivity index (χ0v) is 12.7. The Kier molecular flexibility index (Phi) is 4.99. The maximum atomic E-state index is 13.5. The van der Waals surface area contributed by atoms with Crippen molar-refractivity contribution in [3.8, 4) is 0 Å². The van der Waals surface area contributed by atoms with E-state index in [4.69, 9.17) is 10.5 Å². The third kappa shape index (κ3) is 4.81. The summed E-state index contributed by atoms with van der Waals surface area (Å²) >= 11 is 0. The molecule has 0 unspecified atom stereocenters. The Morgan fingerprint density at radius 2 is 2.05 bits per heavy atom. The number of benzene rings is 1. The molecule has 1 aliphatic heterocycles. The summed E-state index contributed by atoms with van der Waals surface area (Å²) < 4.78 is 18.9. The van der Waals surface area contributed by atoms with E-state index in [-0.39, 0.29) is 24.0 Å². The molecule has 0 aliphatic carbocycles. The van der Waals surface area contributed by atoms with Gasteiger partial charge >= 0.3 is 5.97 Å². The van der Waals surface area contributed by atoms with Gasteiger partial charge in [-0.15, -0.1) is 0 Å². The second-order valence-corrected chi connectivity index (χ2v) is 6.51. The third-order valence-corrected chi connectivity index (χ3v) is 3.99. The number of carbonyl (C=O) groups excluding carboxylic acids is 1. The van der Waals surface area contributed by atoms with Gasteiger partial charge in [0.25, 0.3) is 0 Å². The van der Waals surface area contributed by atoms with Crippen molar-refractivity contribution in [2.75, 3.05) is 0 Å². The van der Waals surface area contributed by atoms with E-state index < -0.39 is 5.67 Å². The molecule has 3 atom stereocenters. The lowest BCUT2D eigenvalue weighted by molar-refractivity contribution is -0.145. The highest BCUT2D eigenvalue weighted by Crippen LogP contribution is 2.30. The summed E-state index contributed by atoms with van der Waals surface area (Å²) in [5.74, 6) is -0.516. The SMILES string of the molecule is CC(C)(F)CC[C@H]1C[C@H]([C@@H](N)Cc2ccccc2)C(=O)O1. The Morgan fingerprint density at radius 1 is 1.38 bits per heavy atom. The first kappa shape index (κ1) is 16.0. The molecule has 1 aromatic carbocycles.